The van der Waals surface area contributed by atoms with Gasteiger partial charge in [-0.2, -0.15) is 0 Å². The quantitative estimate of drug-likeness (QED) is 0.406. The molecule has 0 aliphatic carbocycles. The van der Waals surface area contributed by atoms with Crippen molar-refractivity contribution in [2.24, 2.45) is 0 Å². The lowest BCUT2D eigenvalue weighted by molar-refractivity contribution is -0.149. The Morgan fingerprint density at radius 1 is 1.25 bits per heavy atom. The van der Waals surface area contributed by atoms with Crippen LogP contribution in [0.5, 0.6) is 0 Å². The van der Waals surface area contributed by atoms with Gasteiger partial charge in [0, 0.05) is 27.7 Å². The summed E-state index contributed by atoms with van der Waals surface area (Å²) in [5.74, 6) is -1.16. The van der Waals surface area contributed by atoms with E-state index in [1.54, 1.807) is 30.5 Å². The van der Waals surface area contributed by atoms with Crippen LogP contribution in [0.25, 0.3) is 10.1 Å². The molecule has 2 aromatic heterocycles. The van der Waals surface area contributed by atoms with E-state index in [-0.39, 0.29) is 18.4 Å². The molecule has 0 radical (unpaired) electrons. The predicted molar refractivity (Wildman–Crippen MR) is 121 cm³/mol. The third-order valence-electron chi connectivity index (χ3n) is 5.41. The van der Waals surface area contributed by atoms with E-state index < -0.39 is 18.1 Å². The fourth-order valence-electron chi connectivity index (χ4n) is 3.69. The maximum atomic E-state index is 13.2. The number of rotatable bonds is 8. The molecule has 32 heavy (non-hydrogen) atoms. The summed E-state index contributed by atoms with van der Waals surface area (Å²) in [6.45, 7) is 0.412. The third-order valence-corrected chi connectivity index (χ3v) is 6.51. The molecule has 10 heteroatoms. The van der Waals surface area contributed by atoms with Crippen LogP contribution in [-0.4, -0.2) is 51.9 Å². The Morgan fingerprint density at radius 2 is 2.03 bits per heavy atom. The number of benzene rings is 1. The largest absolute Gasteiger partial charge is 0.480 e. The zero-order valence-corrected chi connectivity index (χ0v) is 18.0. The van der Waals surface area contributed by atoms with Gasteiger partial charge in [0.15, 0.2) is 0 Å². The van der Waals surface area contributed by atoms with Gasteiger partial charge in [0.25, 0.3) is 0 Å². The van der Waals surface area contributed by atoms with E-state index in [1.807, 2.05) is 18.2 Å². The lowest BCUT2D eigenvalue weighted by Gasteiger charge is -2.41. The summed E-state index contributed by atoms with van der Waals surface area (Å²) in [4.78, 5) is 43.5. The highest BCUT2D eigenvalue weighted by Crippen LogP contribution is 2.29. The summed E-state index contributed by atoms with van der Waals surface area (Å²) in [6.07, 6.45) is 2.21. The Bertz CT molecular complexity index is 1150. The maximum absolute atomic E-state index is 13.2. The van der Waals surface area contributed by atoms with Crippen LogP contribution in [0.15, 0.2) is 48.7 Å². The van der Waals surface area contributed by atoms with E-state index in [4.69, 9.17) is 10.8 Å². The molecular formula is C22H23N5O4S. The van der Waals surface area contributed by atoms with Crippen LogP contribution in [0.3, 0.4) is 0 Å². The van der Waals surface area contributed by atoms with E-state index in [2.05, 4.69) is 15.6 Å². The Hall–Kier alpha value is -3.50. The summed E-state index contributed by atoms with van der Waals surface area (Å²) in [5.41, 5.74) is 6.55. The lowest BCUT2D eigenvalue weighted by atomic mass is 9.97. The molecule has 1 fully saturated rings. The molecule has 0 spiro atoms. The van der Waals surface area contributed by atoms with Crippen LogP contribution in [0, 0.1) is 0 Å². The number of carbonyl (C=O) groups excluding carboxylic acids is 2. The molecular weight excluding hydrogens is 430 g/mol. The summed E-state index contributed by atoms with van der Waals surface area (Å²) in [7, 11) is 0. The first-order valence-corrected chi connectivity index (χ1v) is 11.0. The van der Waals surface area contributed by atoms with Crippen molar-refractivity contribution in [3.63, 3.8) is 0 Å². The molecule has 4 rings (SSSR count). The van der Waals surface area contributed by atoms with Crippen LogP contribution in [0.1, 0.15) is 22.9 Å². The van der Waals surface area contributed by atoms with E-state index in [1.165, 1.54) is 16.2 Å². The lowest BCUT2D eigenvalue weighted by Crippen LogP contribution is -2.60. The fraction of sp³-hybridized carbons (Fsp3) is 0.273. The molecule has 1 aromatic carbocycles. The van der Waals surface area contributed by atoms with Crippen molar-refractivity contribution in [1.82, 2.24) is 20.5 Å². The van der Waals surface area contributed by atoms with Crippen LogP contribution < -0.4 is 16.4 Å². The molecule has 5 N–H and O–H groups in total. The average Bonchev–Trinajstić information content (AvgIpc) is 3.17. The van der Waals surface area contributed by atoms with Gasteiger partial charge in [-0.05, 0) is 24.1 Å². The average molecular weight is 454 g/mol. The van der Waals surface area contributed by atoms with Gasteiger partial charge in [0.1, 0.15) is 17.9 Å². The van der Waals surface area contributed by atoms with Gasteiger partial charge in [-0.25, -0.2) is 4.98 Å². The molecule has 0 saturated carbocycles. The Morgan fingerprint density at radius 3 is 2.69 bits per heavy atom. The van der Waals surface area contributed by atoms with E-state index in [0.29, 0.717) is 30.9 Å². The molecule has 2 unspecified atom stereocenters. The Balaban J connectivity index is 1.41. The van der Waals surface area contributed by atoms with Crippen molar-refractivity contribution in [2.75, 3.05) is 18.8 Å². The minimum atomic E-state index is -1.06. The van der Waals surface area contributed by atoms with Gasteiger partial charge in [0.2, 0.25) is 11.8 Å². The van der Waals surface area contributed by atoms with Crippen molar-refractivity contribution < 1.29 is 19.5 Å². The number of aliphatic carboxylic acids is 1. The van der Waals surface area contributed by atoms with Crippen molar-refractivity contribution >= 4 is 45.0 Å². The first-order chi connectivity index (χ1) is 15.4. The van der Waals surface area contributed by atoms with Crippen LogP contribution in [-0.2, 0) is 20.9 Å². The van der Waals surface area contributed by atoms with Crippen molar-refractivity contribution in [2.45, 2.75) is 25.0 Å². The number of thiophene rings is 1. The summed E-state index contributed by atoms with van der Waals surface area (Å²) in [6, 6.07) is 11.3. The van der Waals surface area contributed by atoms with Crippen molar-refractivity contribution in [3.8, 4) is 0 Å². The molecule has 166 valence electrons. The second kappa shape index (κ2) is 9.33. The number of likely N-dealkylation sites (tertiary alicyclic amines) is 1. The van der Waals surface area contributed by atoms with E-state index >= 15 is 0 Å². The SMILES string of the molecule is Nc1nccc2sc(CNC(=O)C3CCN3C(=O)C(NCC(=O)O)c3ccccc3)cc12. The second-order valence-electron chi connectivity index (χ2n) is 7.49. The smallest absolute Gasteiger partial charge is 0.317 e. The van der Waals surface area contributed by atoms with E-state index in [9.17, 15) is 14.4 Å². The highest BCUT2D eigenvalue weighted by atomic mass is 32.1. The zero-order valence-electron chi connectivity index (χ0n) is 17.2. The monoisotopic (exact) mass is 453 g/mol. The molecule has 2 atom stereocenters. The topological polar surface area (TPSA) is 138 Å². The number of carboxylic acids is 1. The number of hydrogen-bond acceptors (Lipinski definition) is 7. The zero-order chi connectivity index (χ0) is 22.7. The second-order valence-corrected chi connectivity index (χ2v) is 8.66. The molecule has 2 amide bonds. The number of hydrogen-bond donors (Lipinski definition) is 4. The third kappa shape index (κ3) is 4.56. The minimum absolute atomic E-state index is 0.238. The summed E-state index contributed by atoms with van der Waals surface area (Å²) in [5, 5.41) is 15.6. The molecule has 9 nitrogen and oxygen atoms in total. The Labute approximate surface area is 188 Å². The molecule has 3 heterocycles. The number of nitrogens with zero attached hydrogens (tertiary/aromatic N) is 2. The minimum Gasteiger partial charge on any atom is -0.480 e. The van der Waals surface area contributed by atoms with Gasteiger partial charge < -0.3 is 21.1 Å². The molecule has 3 aromatic rings. The number of fused-ring (bicyclic) bond motifs is 1. The molecule has 1 aliphatic rings. The predicted octanol–water partition coefficient (Wildman–Crippen LogP) is 1.51. The Kier molecular flexibility index (Phi) is 6.33. The van der Waals surface area contributed by atoms with Gasteiger partial charge in [0.05, 0.1) is 13.1 Å². The molecule has 1 aliphatic heterocycles. The highest BCUT2D eigenvalue weighted by molar-refractivity contribution is 7.19. The number of anilines is 1. The standard InChI is InChI=1S/C22H23N5O4S/c23-20-15-10-14(32-17(15)6-8-24-20)11-26-21(30)16-7-9-27(16)22(31)19(25-12-18(28)29)13-4-2-1-3-5-13/h1-6,8,10,16,19,25H,7,9,11-12H2,(H2,23,24)(H,26,30)(H,28,29). The van der Waals surface area contributed by atoms with Gasteiger partial charge in [-0.3, -0.25) is 19.7 Å². The van der Waals surface area contributed by atoms with Gasteiger partial charge in [-0.1, -0.05) is 30.3 Å². The number of carboxylic acid groups (broad SMARTS) is 1. The van der Waals surface area contributed by atoms with E-state index in [0.717, 1.165) is 15.0 Å². The number of amides is 2. The number of nitrogen functional groups attached to an aromatic ring is 1. The normalized spacial score (nSPS) is 16.4. The molecule has 0 bridgehead atoms. The number of nitrogens with one attached hydrogen (secondary N) is 2. The van der Waals surface area contributed by atoms with Crippen molar-refractivity contribution in [1.29, 1.82) is 0 Å². The fourth-order valence-corrected chi connectivity index (χ4v) is 4.69. The first kappa shape index (κ1) is 21.7. The van der Waals surface area contributed by atoms with Gasteiger partial charge in [-0.15, -0.1) is 11.3 Å². The van der Waals surface area contributed by atoms with Crippen molar-refractivity contribution in [3.05, 3.63) is 59.1 Å². The summed E-state index contributed by atoms with van der Waals surface area (Å²) >= 11 is 1.53. The number of nitrogens with two attached hydrogens (primary N) is 1. The number of pyridine rings is 1. The van der Waals surface area contributed by atoms with Gasteiger partial charge >= 0.3 is 5.97 Å². The van der Waals surface area contributed by atoms with Crippen LogP contribution in [0.2, 0.25) is 0 Å². The summed E-state index contributed by atoms with van der Waals surface area (Å²) < 4.78 is 0.998. The number of aromatic nitrogens is 1. The first-order valence-electron chi connectivity index (χ1n) is 10.1. The van der Waals surface area contributed by atoms with Crippen LogP contribution >= 0.6 is 11.3 Å². The number of carbonyl (C=O) groups is 3. The maximum Gasteiger partial charge on any atom is 0.317 e. The van der Waals surface area contributed by atoms with Crippen LogP contribution in [0.4, 0.5) is 5.82 Å². The highest BCUT2D eigenvalue weighted by Gasteiger charge is 2.40. The molecule has 1 saturated heterocycles.